The molecule has 0 radical (unpaired) electrons. The Morgan fingerprint density at radius 1 is 0.914 bits per heavy atom. The standard InChI is InChI=1S/C27H35F2N5O/c1-2-3-4-5-6-7-8-9-10-14-17-25-31-33-34(32-25)27(26(30)35,21-15-12-11-13-16-21)23-19-18-22(28)20-24(23)29/h11-13,15-16,18-20H,2-10,14,17H2,1H3,(H2,30,35). The third-order valence-electron chi connectivity index (χ3n) is 6.38. The molecule has 2 N–H and O–H groups in total. The normalized spacial score (nSPS) is 13.0. The first-order chi connectivity index (χ1) is 17.0. The zero-order chi connectivity index (χ0) is 25.1. The van der Waals surface area contributed by atoms with Crippen LogP contribution in [0.25, 0.3) is 0 Å². The summed E-state index contributed by atoms with van der Waals surface area (Å²) < 4.78 is 28.6. The van der Waals surface area contributed by atoms with Gasteiger partial charge in [0, 0.05) is 18.1 Å². The lowest BCUT2D eigenvalue weighted by atomic mass is 9.82. The Morgan fingerprint density at radius 2 is 1.54 bits per heavy atom. The number of carbonyl (C=O) groups excluding carboxylic acids is 1. The van der Waals surface area contributed by atoms with Crippen LogP contribution in [0.5, 0.6) is 0 Å². The van der Waals surface area contributed by atoms with Gasteiger partial charge in [-0.2, -0.15) is 0 Å². The second kappa shape index (κ2) is 13.1. The molecule has 1 aromatic heterocycles. The summed E-state index contributed by atoms with van der Waals surface area (Å²) in [4.78, 5) is 14.0. The third kappa shape index (κ3) is 6.50. The molecule has 1 atom stereocenters. The molecule has 2 aromatic carbocycles. The van der Waals surface area contributed by atoms with Crippen molar-refractivity contribution >= 4 is 5.91 Å². The number of primary amides is 1. The molecule has 0 aliphatic carbocycles. The number of hydrogen-bond donors (Lipinski definition) is 1. The summed E-state index contributed by atoms with van der Waals surface area (Å²) in [6, 6.07) is 11.5. The van der Waals surface area contributed by atoms with Gasteiger partial charge < -0.3 is 5.73 Å². The highest BCUT2D eigenvalue weighted by molar-refractivity contribution is 5.90. The van der Waals surface area contributed by atoms with Crippen LogP contribution in [0.15, 0.2) is 48.5 Å². The van der Waals surface area contributed by atoms with Crippen LogP contribution in [0.3, 0.4) is 0 Å². The fourth-order valence-electron chi connectivity index (χ4n) is 4.47. The van der Waals surface area contributed by atoms with Gasteiger partial charge in [-0.15, -0.1) is 15.0 Å². The predicted molar refractivity (Wildman–Crippen MR) is 132 cm³/mol. The van der Waals surface area contributed by atoms with E-state index >= 15 is 0 Å². The molecule has 3 aromatic rings. The summed E-state index contributed by atoms with van der Waals surface area (Å²) in [5.74, 6) is -2.11. The number of nitrogens with zero attached hydrogens (tertiary/aromatic N) is 4. The van der Waals surface area contributed by atoms with Gasteiger partial charge in [0.25, 0.3) is 5.91 Å². The van der Waals surface area contributed by atoms with Crippen molar-refractivity contribution in [2.45, 2.75) is 83.1 Å². The minimum atomic E-state index is -1.90. The summed E-state index contributed by atoms with van der Waals surface area (Å²) in [5, 5.41) is 12.6. The molecule has 0 bridgehead atoms. The largest absolute Gasteiger partial charge is 0.367 e. The van der Waals surface area contributed by atoms with Gasteiger partial charge in [0.05, 0.1) is 0 Å². The summed E-state index contributed by atoms with van der Waals surface area (Å²) in [7, 11) is 0. The molecule has 8 heteroatoms. The molecule has 3 rings (SSSR count). The topological polar surface area (TPSA) is 86.7 Å². The van der Waals surface area contributed by atoms with E-state index in [1.165, 1.54) is 51.0 Å². The van der Waals surface area contributed by atoms with Crippen LogP contribution >= 0.6 is 0 Å². The Hall–Kier alpha value is -3.16. The molecule has 188 valence electrons. The number of aromatic nitrogens is 4. The van der Waals surface area contributed by atoms with Crippen molar-refractivity contribution in [1.82, 2.24) is 20.2 Å². The highest BCUT2D eigenvalue weighted by atomic mass is 19.1. The van der Waals surface area contributed by atoms with Crippen LogP contribution in [0.2, 0.25) is 0 Å². The first-order valence-corrected chi connectivity index (χ1v) is 12.6. The Bertz CT molecular complexity index is 1070. The van der Waals surface area contributed by atoms with Crippen molar-refractivity contribution in [3.8, 4) is 0 Å². The monoisotopic (exact) mass is 483 g/mol. The zero-order valence-corrected chi connectivity index (χ0v) is 20.4. The van der Waals surface area contributed by atoms with E-state index in [9.17, 15) is 13.6 Å². The number of aryl methyl sites for hydroxylation is 1. The molecule has 1 heterocycles. The number of benzene rings is 2. The number of halogens is 2. The van der Waals surface area contributed by atoms with Crippen molar-refractivity contribution in [1.29, 1.82) is 0 Å². The minimum absolute atomic E-state index is 0.138. The van der Waals surface area contributed by atoms with Crippen LogP contribution < -0.4 is 5.73 Å². The lowest BCUT2D eigenvalue weighted by Gasteiger charge is -2.30. The highest BCUT2D eigenvalue weighted by Crippen LogP contribution is 2.35. The molecule has 0 fully saturated rings. The molecule has 35 heavy (non-hydrogen) atoms. The fourth-order valence-corrected chi connectivity index (χ4v) is 4.47. The van der Waals surface area contributed by atoms with Crippen LogP contribution in [-0.2, 0) is 16.8 Å². The average molecular weight is 484 g/mol. The Morgan fingerprint density at radius 3 is 2.14 bits per heavy atom. The summed E-state index contributed by atoms with van der Waals surface area (Å²) in [6.45, 7) is 2.23. The van der Waals surface area contributed by atoms with E-state index in [0.29, 0.717) is 17.8 Å². The molecule has 6 nitrogen and oxygen atoms in total. The Labute approximate surface area is 205 Å². The maximum Gasteiger partial charge on any atom is 0.256 e. The van der Waals surface area contributed by atoms with Crippen LogP contribution in [0.4, 0.5) is 8.78 Å². The van der Waals surface area contributed by atoms with Gasteiger partial charge in [0.1, 0.15) is 11.6 Å². The van der Waals surface area contributed by atoms with Gasteiger partial charge in [-0.25, -0.2) is 8.78 Å². The van der Waals surface area contributed by atoms with Crippen LogP contribution in [0.1, 0.15) is 88.1 Å². The van der Waals surface area contributed by atoms with E-state index in [1.54, 1.807) is 30.3 Å². The van der Waals surface area contributed by atoms with Crippen LogP contribution in [-0.4, -0.2) is 26.1 Å². The first-order valence-electron chi connectivity index (χ1n) is 12.6. The molecule has 0 spiro atoms. The summed E-state index contributed by atoms with van der Waals surface area (Å²) in [5.41, 5.74) is 4.19. The first kappa shape index (κ1) is 26.4. The van der Waals surface area contributed by atoms with Gasteiger partial charge in [0.15, 0.2) is 5.82 Å². The molecule has 0 saturated carbocycles. The molecular weight excluding hydrogens is 448 g/mol. The molecule has 0 aliphatic rings. The van der Waals surface area contributed by atoms with Crippen molar-refractivity contribution in [3.63, 3.8) is 0 Å². The maximum atomic E-state index is 15.0. The lowest BCUT2D eigenvalue weighted by Crippen LogP contribution is -2.50. The average Bonchev–Trinajstić information content (AvgIpc) is 3.31. The number of rotatable bonds is 15. The van der Waals surface area contributed by atoms with Gasteiger partial charge in [-0.1, -0.05) is 95.0 Å². The molecule has 0 saturated heterocycles. The van der Waals surface area contributed by atoms with Crippen molar-refractivity contribution < 1.29 is 13.6 Å². The van der Waals surface area contributed by atoms with Crippen molar-refractivity contribution in [2.75, 3.05) is 0 Å². The molecule has 1 unspecified atom stereocenters. The zero-order valence-electron chi connectivity index (χ0n) is 20.4. The molecule has 1 amide bonds. The Balaban J connectivity index is 1.72. The third-order valence-corrected chi connectivity index (χ3v) is 6.38. The number of amides is 1. The second-order valence-electron chi connectivity index (χ2n) is 8.99. The van der Waals surface area contributed by atoms with Gasteiger partial charge in [-0.3, -0.25) is 4.79 Å². The number of unbranched alkanes of at least 4 members (excludes halogenated alkanes) is 9. The highest BCUT2D eigenvalue weighted by Gasteiger charge is 2.47. The van der Waals surface area contributed by atoms with E-state index in [-0.39, 0.29) is 5.56 Å². The van der Waals surface area contributed by atoms with E-state index < -0.39 is 23.1 Å². The van der Waals surface area contributed by atoms with E-state index in [1.807, 2.05) is 0 Å². The molecular formula is C27H35F2N5O. The molecule has 0 aliphatic heterocycles. The maximum absolute atomic E-state index is 15.0. The summed E-state index contributed by atoms with van der Waals surface area (Å²) >= 11 is 0. The van der Waals surface area contributed by atoms with Gasteiger partial charge in [0.2, 0.25) is 5.54 Å². The minimum Gasteiger partial charge on any atom is -0.367 e. The number of hydrogen-bond acceptors (Lipinski definition) is 4. The summed E-state index contributed by atoms with van der Waals surface area (Å²) in [6.07, 6.45) is 12.7. The lowest BCUT2D eigenvalue weighted by molar-refractivity contribution is -0.124. The van der Waals surface area contributed by atoms with E-state index in [0.717, 1.165) is 36.2 Å². The van der Waals surface area contributed by atoms with E-state index in [4.69, 9.17) is 5.73 Å². The second-order valence-corrected chi connectivity index (χ2v) is 8.99. The van der Waals surface area contributed by atoms with Crippen molar-refractivity contribution in [3.05, 3.63) is 77.1 Å². The predicted octanol–water partition coefficient (Wildman–Crippen LogP) is 5.69. The quantitative estimate of drug-likeness (QED) is 0.281. The fraction of sp³-hybridized carbons (Fsp3) is 0.481. The smallest absolute Gasteiger partial charge is 0.256 e. The Kier molecular flexibility index (Phi) is 9.87. The van der Waals surface area contributed by atoms with Gasteiger partial charge in [-0.05, 0) is 29.3 Å². The van der Waals surface area contributed by atoms with E-state index in [2.05, 4.69) is 22.3 Å². The number of nitrogens with two attached hydrogens (primary N) is 1. The van der Waals surface area contributed by atoms with Crippen molar-refractivity contribution in [2.24, 2.45) is 5.73 Å². The van der Waals surface area contributed by atoms with Gasteiger partial charge >= 0.3 is 0 Å². The SMILES string of the molecule is CCCCCCCCCCCCc1nnn(C(C(N)=O)(c2ccccc2)c2ccc(F)cc2F)n1. The number of tetrazole rings is 1. The van der Waals surface area contributed by atoms with Crippen LogP contribution in [0, 0.1) is 11.6 Å². The number of carbonyl (C=O) groups is 1.